The van der Waals surface area contributed by atoms with Gasteiger partial charge in [0.1, 0.15) is 5.41 Å². The maximum atomic E-state index is 13.4. The molecule has 0 aliphatic rings. The second-order valence-electron chi connectivity index (χ2n) is 13.2. The highest BCUT2D eigenvalue weighted by atomic mass is 16.4. The van der Waals surface area contributed by atoms with E-state index < -0.39 is 52.6 Å². The van der Waals surface area contributed by atoms with Crippen molar-refractivity contribution in [1.29, 1.82) is 0 Å². The van der Waals surface area contributed by atoms with Gasteiger partial charge in [-0.1, -0.05) is 83.1 Å². The minimum atomic E-state index is -3.02. The zero-order valence-corrected chi connectivity index (χ0v) is 25.4. The predicted molar refractivity (Wildman–Crippen MR) is 147 cm³/mol. The summed E-state index contributed by atoms with van der Waals surface area (Å²) in [5.74, 6) is -8.08. The largest absolute Gasteiger partial charge is 0.481 e. The summed E-state index contributed by atoms with van der Waals surface area (Å²) >= 11 is 0. The molecule has 0 aliphatic heterocycles. The smallest absolute Gasteiger partial charge is 0.337 e. The lowest BCUT2D eigenvalue weighted by Crippen LogP contribution is -2.70. The number of carboxylic acids is 3. The third kappa shape index (κ3) is 7.48. The van der Waals surface area contributed by atoms with E-state index in [1.54, 1.807) is 20.8 Å². The molecular weight excluding hydrogens is 472 g/mol. The molecule has 0 fully saturated rings. The van der Waals surface area contributed by atoms with Gasteiger partial charge in [-0.25, -0.2) is 4.79 Å². The number of aliphatic carboxylic acids is 3. The van der Waals surface area contributed by atoms with Gasteiger partial charge in [-0.15, -0.1) is 0 Å². The molecule has 0 aromatic heterocycles. The first-order valence-corrected chi connectivity index (χ1v) is 14.1. The highest BCUT2D eigenvalue weighted by Gasteiger charge is 2.71. The van der Waals surface area contributed by atoms with E-state index in [-0.39, 0.29) is 35.5 Å². The summed E-state index contributed by atoms with van der Waals surface area (Å²) in [6, 6.07) is 0. The molecule has 7 nitrogen and oxygen atoms in total. The van der Waals surface area contributed by atoms with Crippen LogP contribution in [0.2, 0.25) is 0 Å². The van der Waals surface area contributed by atoms with Crippen LogP contribution in [-0.4, -0.2) is 43.9 Å². The van der Waals surface area contributed by atoms with Gasteiger partial charge in [0, 0.05) is 0 Å². The fourth-order valence-corrected chi connectivity index (χ4v) is 6.25. The first kappa shape index (κ1) is 35.4. The van der Waals surface area contributed by atoms with Crippen LogP contribution in [0.1, 0.15) is 102 Å². The third-order valence-electron chi connectivity index (χ3n) is 9.76. The molecule has 0 amide bonds. The van der Waals surface area contributed by atoms with Crippen molar-refractivity contribution in [3.05, 3.63) is 0 Å². The van der Waals surface area contributed by atoms with Gasteiger partial charge in [0.2, 0.25) is 0 Å². The second-order valence-corrected chi connectivity index (χ2v) is 13.2. The van der Waals surface area contributed by atoms with Crippen LogP contribution in [0.3, 0.4) is 0 Å². The Morgan fingerprint density at radius 1 is 0.541 bits per heavy atom. The minimum absolute atomic E-state index is 0.0446. The van der Waals surface area contributed by atoms with E-state index in [0.717, 1.165) is 0 Å². The zero-order valence-electron chi connectivity index (χ0n) is 25.4. The predicted octanol–water partition coefficient (Wildman–Crippen LogP) is 6.53. The molecule has 0 bridgehead atoms. The van der Waals surface area contributed by atoms with E-state index in [1.807, 2.05) is 62.3 Å². The SMILES string of the molecule is CC(C)C(C)CC(C)C(C(=O)O)C(O)(C(=O)O)C(C(=O)O)(C(C)CC(C)C(C)C)C(C)CC(C)C(C)C. The Morgan fingerprint density at radius 2 is 0.865 bits per heavy atom. The van der Waals surface area contributed by atoms with Gasteiger partial charge in [-0.3, -0.25) is 9.59 Å². The Balaban J connectivity index is 7.43. The number of carboxylic acid groups (broad SMARTS) is 3. The number of aliphatic hydroxyl groups is 1. The standard InChI is InChI=1S/C30H56O7/c1-16(2)19(7)13-22(10)25(26(31)32)30(37,28(35)36)29(27(33)34,23(11)14-20(8)17(3)4)24(12)15-21(9)18(5)6/h16-25,37H,13-15H2,1-12H3,(H,31,32)(H,33,34)(H,35,36). The number of rotatable bonds is 17. The number of hydrogen-bond acceptors (Lipinski definition) is 4. The first-order valence-electron chi connectivity index (χ1n) is 14.1. The molecule has 0 spiro atoms. The van der Waals surface area contributed by atoms with Gasteiger partial charge in [0.05, 0.1) is 5.92 Å². The quantitative estimate of drug-likeness (QED) is 0.169. The topological polar surface area (TPSA) is 132 Å². The summed E-state index contributed by atoms with van der Waals surface area (Å²) in [5.41, 5.74) is -5.24. The Morgan fingerprint density at radius 3 is 1.11 bits per heavy atom. The van der Waals surface area contributed by atoms with Crippen molar-refractivity contribution in [3.8, 4) is 0 Å². The molecule has 8 unspecified atom stereocenters. The van der Waals surface area contributed by atoms with Gasteiger partial charge in [-0.2, -0.15) is 0 Å². The van der Waals surface area contributed by atoms with Crippen LogP contribution in [-0.2, 0) is 14.4 Å². The Bertz CT molecular complexity index is 737. The van der Waals surface area contributed by atoms with E-state index in [1.165, 1.54) is 0 Å². The highest BCUT2D eigenvalue weighted by molar-refractivity contribution is 5.94. The summed E-state index contributed by atoms with van der Waals surface area (Å²) in [4.78, 5) is 39.3. The average Bonchev–Trinajstić information content (AvgIpc) is 2.72. The highest BCUT2D eigenvalue weighted by Crippen LogP contribution is 2.55. The molecular formula is C30H56O7. The van der Waals surface area contributed by atoms with E-state index in [0.29, 0.717) is 19.3 Å². The molecule has 0 aliphatic carbocycles. The van der Waals surface area contributed by atoms with Crippen molar-refractivity contribution in [1.82, 2.24) is 0 Å². The molecule has 0 saturated carbocycles. The molecule has 0 aromatic carbocycles. The maximum Gasteiger partial charge on any atom is 0.337 e. The van der Waals surface area contributed by atoms with Crippen molar-refractivity contribution >= 4 is 17.9 Å². The van der Waals surface area contributed by atoms with Gasteiger partial charge in [-0.05, 0) is 72.5 Å². The molecule has 8 atom stereocenters. The summed E-state index contributed by atoms with van der Waals surface area (Å²) in [7, 11) is 0. The van der Waals surface area contributed by atoms with Crippen molar-refractivity contribution in [2.24, 2.45) is 64.6 Å². The maximum absolute atomic E-state index is 13.4. The Kier molecular flexibility index (Phi) is 13.3. The Labute approximate surface area is 225 Å². The van der Waals surface area contributed by atoms with Crippen molar-refractivity contribution in [2.75, 3.05) is 0 Å². The molecule has 0 saturated heterocycles. The summed E-state index contributed by atoms with van der Waals surface area (Å²) in [5, 5.41) is 44.3. The molecule has 4 N–H and O–H groups in total. The number of carbonyl (C=O) groups is 3. The lowest BCUT2D eigenvalue weighted by Gasteiger charge is -2.53. The molecule has 37 heavy (non-hydrogen) atoms. The van der Waals surface area contributed by atoms with E-state index in [9.17, 15) is 34.8 Å². The van der Waals surface area contributed by atoms with Crippen LogP contribution in [0, 0.1) is 64.6 Å². The fraction of sp³-hybridized carbons (Fsp3) is 0.900. The molecule has 7 heteroatoms. The summed E-state index contributed by atoms with van der Waals surface area (Å²) < 4.78 is 0. The van der Waals surface area contributed by atoms with E-state index >= 15 is 0 Å². The van der Waals surface area contributed by atoms with Crippen LogP contribution in [0.4, 0.5) is 0 Å². The van der Waals surface area contributed by atoms with E-state index in [4.69, 9.17) is 0 Å². The normalized spacial score (nSPS) is 21.4. The molecule has 218 valence electrons. The van der Waals surface area contributed by atoms with Crippen LogP contribution >= 0.6 is 0 Å². The third-order valence-corrected chi connectivity index (χ3v) is 9.76. The van der Waals surface area contributed by atoms with Gasteiger partial charge in [0.15, 0.2) is 5.60 Å². The number of hydrogen-bond donors (Lipinski definition) is 4. The van der Waals surface area contributed by atoms with Gasteiger partial charge < -0.3 is 20.4 Å². The van der Waals surface area contributed by atoms with E-state index in [2.05, 4.69) is 0 Å². The van der Waals surface area contributed by atoms with Crippen LogP contribution in [0.5, 0.6) is 0 Å². The Hall–Kier alpha value is -1.63. The van der Waals surface area contributed by atoms with Crippen LogP contribution in [0.15, 0.2) is 0 Å². The summed E-state index contributed by atoms with van der Waals surface area (Å²) in [6.07, 6.45) is 1.06. The molecule has 0 rings (SSSR count). The molecule has 0 aromatic rings. The zero-order chi connectivity index (χ0) is 29.6. The van der Waals surface area contributed by atoms with Crippen molar-refractivity contribution < 1.29 is 34.8 Å². The van der Waals surface area contributed by atoms with Crippen LogP contribution < -0.4 is 0 Å². The first-order chi connectivity index (χ1) is 16.7. The average molecular weight is 529 g/mol. The summed E-state index contributed by atoms with van der Waals surface area (Å²) in [6.45, 7) is 23.0. The fourth-order valence-electron chi connectivity index (χ4n) is 6.25. The van der Waals surface area contributed by atoms with Crippen LogP contribution in [0.25, 0.3) is 0 Å². The van der Waals surface area contributed by atoms with Crippen molar-refractivity contribution in [2.45, 2.75) is 108 Å². The monoisotopic (exact) mass is 528 g/mol. The molecule has 0 heterocycles. The molecule has 0 radical (unpaired) electrons. The lowest BCUT2D eigenvalue weighted by molar-refractivity contribution is -0.227. The van der Waals surface area contributed by atoms with Crippen molar-refractivity contribution in [3.63, 3.8) is 0 Å². The minimum Gasteiger partial charge on any atom is -0.481 e. The second kappa shape index (κ2) is 14.0. The van der Waals surface area contributed by atoms with Gasteiger partial charge >= 0.3 is 17.9 Å². The lowest BCUT2D eigenvalue weighted by atomic mass is 9.50. The van der Waals surface area contributed by atoms with Gasteiger partial charge in [0.25, 0.3) is 0 Å².